The maximum absolute atomic E-state index is 11.7. The molecule has 0 unspecified atom stereocenters. The van der Waals surface area contributed by atoms with Crippen molar-refractivity contribution in [1.29, 1.82) is 0 Å². The van der Waals surface area contributed by atoms with Crippen LogP contribution in [-0.4, -0.2) is 48.1 Å². The number of piperidine rings is 1. The lowest BCUT2D eigenvalue weighted by Crippen LogP contribution is -2.39. The van der Waals surface area contributed by atoms with Crippen LogP contribution >= 0.6 is 0 Å². The first-order valence-electron chi connectivity index (χ1n) is 8.57. The number of carboxylic acids is 1. The summed E-state index contributed by atoms with van der Waals surface area (Å²) in [6.07, 6.45) is 5.73. The maximum atomic E-state index is 11.7. The van der Waals surface area contributed by atoms with Crippen LogP contribution in [0.15, 0.2) is 42.6 Å². The number of aromatic nitrogens is 1. The van der Waals surface area contributed by atoms with Crippen molar-refractivity contribution in [3.05, 3.63) is 53.7 Å². The summed E-state index contributed by atoms with van der Waals surface area (Å²) >= 11 is 0. The van der Waals surface area contributed by atoms with E-state index in [1.54, 1.807) is 28.7 Å². The standard InChI is InChI=1S/C19H22N2O4S/c1-26(24,25)21-9-3-4-15(13-21)10-14-7-8-18(20-12-14)16-5-2-6-17(11-16)19(22)23/h2,5-8,11-12,15H,3-4,9-10,13H2,1H3,(H,22,23)/t15-/m0/s1. The monoisotopic (exact) mass is 374 g/mol. The Labute approximate surface area is 153 Å². The molecule has 1 fully saturated rings. The van der Waals surface area contributed by atoms with E-state index in [2.05, 4.69) is 4.98 Å². The molecule has 1 aliphatic heterocycles. The molecule has 138 valence electrons. The third-order valence-electron chi connectivity index (χ3n) is 4.71. The van der Waals surface area contributed by atoms with Crippen LogP contribution in [0.1, 0.15) is 28.8 Å². The number of hydrogen-bond donors (Lipinski definition) is 1. The highest BCUT2D eigenvalue weighted by Crippen LogP contribution is 2.24. The van der Waals surface area contributed by atoms with Gasteiger partial charge in [-0.1, -0.05) is 18.2 Å². The quantitative estimate of drug-likeness (QED) is 0.869. The summed E-state index contributed by atoms with van der Waals surface area (Å²) in [5.74, 6) is -0.669. The minimum Gasteiger partial charge on any atom is -0.478 e. The normalized spacial score (nSPS) is 18.6. The number of hydrogen-bond acceptors (Lipinski definition) is 4. The molecule has 1 atom stereocenters. The van der Waals surface area contributed by atoms with Crippen molar-refractivity contribution >= 4 is 16.0 Å². The number of sulfonamides is 1. The van der Waals surface area contributed by atoms with Crippen molar-refractivity contribution in [2.45, 2.75) is 19.3 Å². The lowest BCUT2D eigenvalue weighted by atomic mass is 9.93. The van der Waals surface area contributed by atoms with Gasteiger partial charge in [-0.15, -0.1) is 0 Å². The molecular weight excluding hydrogens is 352 g/mol. The maximum Gasteiger partial charge on any atom is 0.335 e. The van der Waals surface area contributed by atoms with Gasteiger partial charge >= 0.3 is 5.97 Å². The van der Waals surface area contributed by atoms with E-state index in [9.17, 15) is 13.2 Å². The Bertz CT molecular complexity index is 894. The van der Waals surface area contributed by atoms with E-state index >= 15 is 0 Å². The zero-order valence-corrected chi connectivity index (χ0v) is 15.4. The average Bonchev–Trinajstić information content (AvgIpc) is 2.62. The van der Waals surface area contributed by atoms with Crippen LogP contribution in [0.25, 0.3) is 11.3 Å². The summed E-state index contributed by atoms with van der Waals surface area (Å²) in [6.45, 7) is 1.16. The Hall–Kier alpha value is -2.25. The second-order valence-electron chi connectivity index (χ2n) is 6.77. The number of carboxylic acid groups (broad SMARTS) is 1. The topological polar surface area (TPSA) is 87.6 Å². The van der Waals surface area contributed by atoms with Gasteiger partial charge < -0.3 is 5.11 Å². The Morgan fingerprint density at radius 2 is 2.12 bits per heavy atom. The predicted octanol–water partition coefficient (Wildman–Crippen LogP) is 2.66. The molecule has 0 amide bonds. The molecule has 0 bridgehead atoms. The van der Waals surface area contributed by atoms with Crippen molar-refractivity contribution < 1.29 is 18.3 Å². The first-order valence-corrected chi connectivity index (χ1v) is 10.4. The van der Waals surface area contributed by atoms with Gasteiger partial charge in [-0.2, -0.15) is 0 Å². The van der Waals surface area contributed by atoms with Gasteiger partial charge in [-0.3, -0.25) is 4.98 Å². The van der Waals surface area contributed by atoms with Crippen LogP contribution in [0, 0.1) is 5.92 Å². The number of rotatable bonds is 5. The van der Waals surface area contributed by atoms with E-state index in [-0.39, 0.29) is 5.56 Å². The smallest absolute Gasteiger partial charge is 0.335 e. The van der Waals surface area contributed by atoms with Gasteiger partial charge in [0.15, 0.2) is 0 Å². The van der Waals surface area contributed by atoms with Crippen LogP contribution in [-0.2, 0) is 16.4 Å². The number of benzene rings is 1. The van der Waals surface area contributed by atoms with E-state index < -0.39 is 16.0 Å². The number of nitrogens with zero attached hydrogens (tertiary/aromatic N) is 2. The van der Waals surface area contributed by atoms with Crippen LogP contribution in [0.3, 0.4) is 0 Å². The first kappa shape index (κ1) is 18.5. The molecule has 1 N–H and O–H groups in total. The summed E-state index contributed by atoms with van der Waals surface area (Å²) in [5.41, 5.74) is 2.77. The van der Waals surface area contributed by atoms with E-state index in [0.29, 0.717) is 19.0 Å². The lowest BCUT2D eigenvalue weighted by Gasteiger charge is -2.30. The summed E-state index contributed by atoms with van der Waals surface area (Å²) in [5, 5.41) is 9.09. The van der Waals surface area contributed by atoms with Gasteiger partial charge in [-0.25, -0.2) is 17.5 Å². The fourth-order valence-corrected chi connectivity index (χ4v) is 4.30. The minimum atomic E-state index is -3.14. The van der Waals surface area contributed by atoms with E-state index in [1.165, 1.54) is 6.26 Å². The zero-order valence-electron chi connectivity index (χ0n) is 14.6. The van der Waals surface area contributed by atoms with Gasteiger partial charge in [0, 0.05) is 24.8 Å². The van der Waals surface area contributed by atoms with Gasteiger partial charge in [0.25, 0.3) is 0 Å². The van der Waals surface area contributed by atoms with Crippen molar-refractivity contribution in [2.75, 3.05) is 19.3 Å². The Kier molecular flexibility index (Phi) is 5.38. The van der Waals surface area contributed by atoms with Crippen LogP contribution in [0.2, 0.25) is 0 Å². The highest BCUT2D eigenvalue weighted by Gasteiger charge is 2.25. The molecule has 1 saturated heterocycles. The molecule has 3 rings (SSSR count). The second-order valence-corrected chi connectivity index (χ2v) is 8.75. The molecule has 0 saturated carbocycles. The fourth-order valence-electron chi connectivity index (χ4n) is 3.36. The molecule has 2 aromatic rings. The molecule has 0 spiro atoms. The molecule has 2 heterocycles. The Morgan fingerprint density at radius 3 is 2.77 bits per heavy atom. The van der Waals surface area contributed by atoms with Crippen molar-refractivity contribution in [3.8, 4) is 11.3 Å². The number of pyridine rings is 1. The van der Waals surface area contributed by atoms with Gasteiger partial charge in [-0.05, 0) is 48.9 Å². The molecular formula is C19H22N2O4S. The summed E-state index contributed by atoms with van der Waals surface area (Å²) in [6, 6.07) is 10.6. The molecule has 7 heteroatoms. The van der Waals surface area contributed by atoms with Crippen molar-refractivity contribution in [1.82, 2.24) is 9.29 Å². The summed E-state index contributed by atoms with van der Waals surface area (Å²) in [4.78, 5) is 15.5. The lowest BCUT2D eigenvalue weighted by molar-refractivity contribution is 0.0697. The van der Waals surface area contributed by atoms with E-state index in [0.717, 1.165) is 36.1 Å². The molecule has 0 radical (unpaired) electrons. The number of aromatic carboxylic acids is 1. The van der Waals surface area contributed by atoms with Crippen LogP contribution in [0.5, 0.6) is 0 Å². The Morgan fingerprint density at radius 1 is 1.31 bits per heavy atom. The summed E-state index contributed by atoms with van der Waals surface area (Å²) < 4.78 is 25.0. The molecule has 6 nitrogen and oxygen atoms in total. The predicted molar refractivity (Wildman–Crippen MR) is 99.5 cm³/mol. The third kappa shape index (κ3) is 4.47. The third-order valence-corrected chi connectivity index (χ3v) is 5.97. The van der Waals surface area contributed by atoms with Gasteiger partial charge in [0.1, 0.15) is 0 Å². The molecule has 1 aliphatic rings. The van der Waals surface area contributed by atoms with Crippen LogP contribution in [0.4, 0.5) is 0 Å². The van der Waals surface area contributed by atoms with Crippen molar-refractivity contribution in [2.24, 2.45) is 5.92 Å². The van der Waals surface area contributed by atoms with Crippen molar-refractivity contribution in [3.63, 3.8) is 0 Å². The average molecular weight is 374 g/mol. The van der Waals surface area contributed by atoms with E-state index in [1.807, 2.05) is 18.2 Å². The van der Waals surface area contributed by atoms with E-state index in [4.69, 9.17) is 5.11 Å². The largest absolute Gasteiger partial charge is 0.478 e. The fraction of sp³-hybridized carbons (Fsp3) is 0.368. The highest BCUT2D eigenvalue weighted by molar-refractivity contribution is 7.88. The summed E-state index contributed by atoms with van der Waals surface area (Å²) in [7, 11) is -3.14. The molecule has 26 heavy (non-hydrogen) atoms. The van der Waals surface area contributed by atoms with Crippen LogP contribution < -0.4 is 0 Å². The molecule has 1 aromatic heterocycles. The SMILES string of the molecule is CS(=O)(=O)N1CCC[C@@H](Cc2ccc(-c3cccc(C(=O)O)c3)nc2)C1. The first-order chi connectivity index (χ1) is 12.3. The minimum absolute atomic E-state index is 0.233. The molecule has 0 aliphatic carbocycles. The zero-order chi connectivity index (χ0) is 18.7. The van der Waals surface area contributed by atoms with Gasteiger partial charge in [0.2, 0.25) is 10.0 Å². The van der Waals surface area contributed by atoms with Gasteiger partial charge in [0.05, 0.1) is 17.5 Å². The highest BCUT2D eigenvalue weighted by atomic mass is 32.2. The number of carbonyl (C=O) groups is 1. The second kappa shape index (κ2) is 7.55. The Balaban J connectivity index is 1.70. The molecule has 1 aromatic carbocycles.